The first-order chi connectivity index (χ1) is 9.06. The van der Waals surface area contributed by atoms with Crippen LogP contribution in [0.15, 0.2) is 18.2 Å². The second-order valence-electron chi connectivity index (χ2n) is 5.61. The van der Waals surface area contributed by atoms with E-state index in [2.05, 4.69) is 19.2 Å². The van der Waals surface area contributed by atoms with Crippen LogP contribution < -0.4 is 10.1 Å². The third-order valence-corrected chi connectivity index (χ3v) is 4.03. The maximum Gasteiger partial charge on any atom is 0.138 e. The molecule has 1 N–H and O–H groups in total. The van der Waals surface area contributed by atoms with E-state index < -0.39 is 0 Å². The van der Waals surface area contributed by atoms with Crippen LogP contribution in [-0.4, -0.2) is 19.2 Å². The van der Waals surface area contributed by atoms with E-state index in [-0.39, 0.29) is 6.10 Å². The highest BCUT2D eigenvalue weighted by atomic mass is 35.5. The number of halogens is 2. The minimum atomic E-state index is 0.216. The number of hydrogen-bond acceptors (Lipinski definition) is 2. The summed E-state index contributed by atoms with van der Waals surface area (Å²) in [5.74, 6) is 1.91. The van der Waals surface area contributed by atoms with Crippen molar-refractivity contribution in [2.75, 3.05) is 13.1 Å². The van der Waals surface area contributed by atoms with Crippen molar-refractivity contribution < 1.29 is 4.74 Å². The highest BCUT2D eigenvalue weighted by molar-refractivity contribution is 6.35. The van der Waals surface area contributed by atoms with Crippen LogP contribution in [0.4, 0.5) is 0 Å². The van der Waals surface area contributed by atoms with Crippen LogP contribution in [0.5, 0.6) is 5.75 Å². The molecule has 19 heavy (non-hydrogen) atoms. The van der Waals surface area contributed by atoms with Crippen LogP contribution in [0.25, 0.3) is 0 Å². The highest BCUT2D eigenvalue weighted by Crippen LogP contribution is 2.31. The molecule has 1 saturated heterocycles. The van der Waals surface area contributed by atoms with E-state index in [1.807, 2.05) is 12.1 Å². The van der Waals surface area contributed by atoms with Gasteiger partial charge < -0.3 is 10.1 Å². The minimum absolute atomic E-state index is 0.216. The molecule has 0 aromatic heterocycles. The largest absolute Gasteiger partial charge is 0.489 e. The molecule has 0 amide bonds. The first-order valence-electron chi connectivity index (χ1n) is 6.88. The average Bonchev–Trinajstić information content (AvgIpc) is 2.84. The normalized spacial score (nSPS) is 20.8. The zero-order valence-corrected chi connectivity index (χ0v) is 13.0. The number of ether oxygens (including phenoxy) is 1. The van der Waals surface area contributed by atoms with Crippen LogP contribution in [0.3, 0.4) is 0 Å². The fraction of sp³-hybridized carbons (Fsp3) is 0.600. The Hall–Kier alpha value is -0.440. The van der Waals surface area contributed by atoms with Crippen molar-refractivity contribution in [2.24, 2.45) is 11.8 Å². The molecule has 2 nitrogen and oxygen atoms in total. The van der Waals surface area contributed by atoms with Gasteiger partial charge in [-0.15, -0.1) is 0 Å². The van der Waals surface area contributed by atoms with Crippen LogP contribution >= 0.6 is 23.2 Å². The van der Waals surface area contributed by atoms with E-state index >= 15 is 0 Å². The van der Waals surface area contributed by atoms with E-state index in [1.165, 1.54) is 6.42 Å². The minimum Gasteiger partial charge on any atom is -0.489 e. The molecule has 2 rings (SSSR count). The SMILES string of the molecule is CC(C)CC(Oc1ccc(Cl)cc1Cl)C1CCNC1. The Morgan fingerprint density at radius 1 is 1.37 bits per heavy atom. The van der Waals surface area contributed by atoms with Crippen molar-refractivity contribution in [3.8, 4) is 5.75 Å². The number of nitrogens with one attached hydrogen (secondary N) is 1. The van der Waals surface area contributed by atoms with E-state index in [0.29, 0.717) is 21.9 Å². The maximum atomic E-state index is 6.19. The molecule has 4 heteroatoms. The van der Waals surface area contributed by atoms with E-state index in [4.69, 9.17) is 27.9 Å². The molecule has 1 aromatic rings. The fourth-order valence-electron chi connectivity index (χ4n) is 2.53. The molecule has 0 spiro atoms. The third-order valence-electron chi connectivity index (χ3n) is 3.50. The Bertz CT molecular complexity index is 417. The quantitative estimate of drug-likeness (QED) is 0.870. The van der Waals surface area contributed by atoms with Gasteiger partial charge in [0, 0.05) is 17.5 Å². The molecule has 1 aromatic carbocycles. The van der Waals surface area contributed by atoms with Crippen LogP contribution in [-0.2, 0) is 0 Å². The summed E-state index contributed by atoms with van der Waals surface area (Å²) in [5, 5.41) is 4.63. The van der Waals surface area contributed by atoms with E-state index in [9.17, 15) is 0 Å². The van der Waals surface area contributed by atoms with E-state index in [1.54, 1.807) is 6.07 Å². The summed E-state index contributed by atoms with van der Waals surface area (Å²) >= 11 is 12.1. The molecular formula is C15H21Cl2NO. The first kappa shape index (κ1) is 15.0. The van der Waals surface area contributed by atoms with Crippen molar-refractivity contribution in [1.82, 2.24) is 5.32 Å². The summed E-state index contributed by atoms with van der Waals surface area (Å²) in [6.07, 6.45) is 2.43. The van der Waals surface area contributed by atoms with Crippen molar-refractivity contribution in [3.63, 3.8) is 0 Å². The lowest BCUT2D eigenvalue weighted by Crippen LogP contribution is -2.30. The Morgan fingerprint density at radius 3 is 2.74 bits per heavy atom. The van der Waals surface area contributed by atoms with Crippen molar-refractivity contribution in [1.29, 1.82) is 0 Å². The Balaban J connectivity index is 2.09. The fourth-order valence-corrected chi connectivity index (χ4v) is 2.98. The second kappa shape index (κ2) is 6.83. The summed E-state index contributed by atoms with van der Waals surface area (Å²) in [6, 6.07) is 5.42. The standard InChI is InChI=1S/C15H21Cl2NO/c1-10(2)7-15(11-5-6-18-9-11)19-14-4-3-12(16)8-13(14)17/h3-4,8,10-11,15,18H,5-7,9H2,1-2H3. The lowest BCUT2D eigenvalue weighted by atomic mass is 9.93. The van der Waals surface area contributed by atoms with Crippen molar-refractivity contribution >= 4 is 23.2 Å². The van der Waals surface area contributed by atoms with Crippen LogP contribution in [0.2, 0.25) is 10.0 Å². The van der Waals surface area contributed by atoms with Crippen molar-refractivity contribution in [3.05, 3.63) is 28.2 Å². The molecule has 1 aliphatic heterocycles. The van der Waals surface area contributed by atoms with Crippen LogP contribution in [0.1, 0.15) is 26.7 Å². The predicted molar refractivity (Wildman–Crippen MR) is 81.3 cm³/mol. The molecular weight excluding hydrogens is 281 g/mol. The number of hydrogen-bond donors (Lipinski definition) is 1. The van der Waals surface area contributed by atoms with Crippen LogP contribution in [0, 0.1) is 11.8 Å². The number of benzene rings is 1. The zero-order valence-electron chi connectivity index (χ0n) is 11.5. The van der Waals surface area contributed by atoms with E-state index in [0.717, 1.165) is 25.3 Å². The molecule has 0 radical (unpaired) electrons. The van der Waals surface area contributed by atoms with Gasteiger partial charge in [0.1, 0.15) is 11.9 Å². The maximum absolute atomic E-state index is 6.19. The highest BCUT2D eigenvalue weighted by Gasteiger charge is 2.27. The van der Waals surface area contributed by atoms with Gasteiger partial charge in [-0.05, 0) is 43.5 Å². The molecule has 1 heterocycles. The Kier molecular flexibility index (Phi) is 5.37. The van der Waals surface area contributed by atoms with Gasteiger partial charge in [-0.1, -0.05) is 37.0 Å². The first-order valence-corrected chi connectivity index (χ1v) is 7.64. The van der Waals surface area contributed by atoms with Gasteiger partial charge in [-0.2, -0.15) is 0 Å². The summed E-state index contributed by atoms with van der Waals surface area (Å²) in [7, 11) is 0. The average molecular weight is 302 g/mol. The molecule has 0 saturated carbocycles. The third kappa shape index (κ3) is 4.27. The van der Waals surface area contributed by atoms with Gasteiger partial charge in [0.15, 0.2) is 0 Å². The molecule has 0 bridgehead atoms. The van der Waals surface area contributed by atoms with Gasteiger partial charge in [0.25, 0.3) is 0 Å². The lowest BCUT2D eigenvalue weighted by Gasteiger charge is -2.26. The van der Waals surface area contributed by atoms with Gasteiger partial charge in [0.2, 0.25) is 0 Å². The van der Waals surface area contributed by atoms with Crippen molar-refractivity contribution in [2.45, 2.75) is 32.8 Å². The topological polar surface area (TPSA) is 21.3 Å². The molecule has 106 valence electrons. The summed E-state index contributed by atoms with van der Waals surface area (Å²) in [6.45, 7) is 6.56. The van der Waals surface area contributed by atoms with Gasteiger partial charge in [-0.3, -0.25) is 0 Å². The Labute approximate surface area is 125 Å². The summed E-state index contributed by atoms with van der Waals surface area (Å²) in [4.78, 5) is 0. The molecule has 0 aliphatic carbocycles. The van der Waals surface area contributed by atoms with Gasteiger partial charge >= 0.3 is 0 Å². The zero-order chi connectivity index (χ0) is 13.8. The summed E-state index contributed by atoms with van der Waals surface area (Å²) < 4.78 is 6.16. The molecule has 2 unspecified atom stereocenters. The molecule has 2 atom stereocenters. The Morgan fingerprint density at radius 2 is 2.16 bits per heavy atom. The van der Waals surface area contributed by atoms with Gasteiger partial charge in [-0.25, -0.2) is 0 Å². The predicted octanol–water partition coefficient (Wildman–Crippen LogP) is 4.40. The lowest BCUT2D eigenvalue weighted by molar-refractivity contribution is 0.119. The molecule has 1 aliphatic rings. The monoisotopic (exact) mass is 301 g/mol. The number of rotatable bonds is 5. The molecule has 1 fully saturated rings. The smallest absolute Gasteiger partial charge is 0.138 e. The summed E-state index contributed by atoms with van der Waals surface area (Å²) in [5.41, 5.74) is 0. The second-order valence-corrected chi connectivity index (χ2v) is 6.46. The van der Waals surface area contributed by atoms with Gasteiger partial charge in [0.05, 0.1) is 5.02 Å².